The predicted octanol–water partition coefficient (Wildman–Crippen LogP) is 3.44. The van der Waals surface area contributed by atoms with E-state index in [9.17, 15) is 9.59 Å². The number of aromatic amines is 1. The van der Waals surface area contributed by atoms with Gasteiger partial charge >= 0.3 is 0 Å². The third-order valence-electron chi connectivity index (χ3n) is 5.23. The van der Waals surface area contributed by atoms with E-state index in [1.54, 1.807) is 24.1 Å². The lowest BCUT2D eigenvalue weighted by molar-refractivity contribution is 0.0727. The van der Waals surface area contributed by atoms with Crippen LogP contribution in [-0.4, -0.2) is 34.6 Å². The molecule has 4 rings (SSSR count). The first kappa shape index (κ1) is 19.8. The first-order valence-electron chi connectivity index (χ1n) is 9.87. The zero-order chi connectivity index (χ0) is 21.3. The van der Waals surface area contributed by atoms with E-state index in [2.05, 4.69) is 15.5 Å². The number of hydrogen-bond acceptors (Lipinski definition) is 6. The van der Waals surface area contributed by atoms with Gasteiger partial charge in [-0.1, -0.05) is 25.1 Å². The molecule has 1 aromatic carbocycles. The molecule has 0 unspecified atom stereocenters. The van der Waals surface area contributed by atoms with Gasteiger partial charge in [0.25, 0.3) is 11.5 Å². The smallest absolute Gasteiger partial charge is 0.261 e. The second-order valence-electron chi connectivity index (χ2n) is 7.58. The normalized spacial score (nSPS) is 13.3. The van der Waals surface area contributed by atoms with Gasteiger partial charge in [-0.25, -0.2) is 0 Å². The molecule has 0 fully saturated rings. The largest absolute Gasteiger partial charge is 0.497 e. The number of nitrogens with zero attached hydrogens (tertiary/aromatic N) is 2. The van der Waals surface area contributed by atoms with Crippen molar-refractivity contribution in [3.8, 4) is 5.75 Å². The van der Waals surface area contributed by atoms with E-state index in [1.165, 1.54) is 0 Å². The number of aromatic nitrogens is 2. The molecule has 156 valence electrons. The number of rotatable bonds is 5. The number of amides is 1. The molecule has 0 atom stereocenters. The summed E-state index contributed by atoms with van der Waals surface area (Å²) in [6.45, 7) is 4.75. The minimum atomic E-state index is -0.364. The molecule has 1 aliphatic rings. The van der Waals surface area contributed by atoms with Crippen LogP contribution in [0.25, 0.3) is 0 Å². The fourth-order valence-electron chi connectivity index (χ4n) is 3.48. The SMILES string of the molecule is COc1cccc(Nc2noc3c2CN(C(=O)c2ccc(C(C)C)[nH]c2=O)CC3)c1. The second kappa shape index (κ2) is 8.06. The van der Waals surface area contributed by atoms with Gasteiger partial charge in [-0.3, -0.25) is 9.59 Å². The zero-order valence-electron chi connectivity index (χ0n) is 17.2. The molecule has 3 heterocycles. The molecule has 2 aromatic heterocycles. The Balaban J connectivity index is 1.55. The molecule has 1 aliphatic heterocycles. The molecule has 0 bridgehead atoms. The van der Waals surface area contributed by atoms with Gasteiger partial charge in [0, 0.05) is 30.4 Å². The Labute approximate surface area is 173 Å². The predicted molar refractivity (Wildman–Crippen MR) is 112 cm³/mol. The number of methoxy groups -OCH3 is 1. The number of H-pyrrole nitrogens is 1. The lowest BCUT2D eigenvalue weighted by Crippen LogP contribution is -2.38. The highest BCUT2D eigenvalue weighted by atomic mass is 16.5. The number of nitrogens with one attached hydrogen (secondary N) is 2. The van der Waals surface area contributed by atoms with E-state index in [1.807, 2.05) is 38.1 Å². The van der Waals surface area contributed by atoms with Gasteiger partial charge in [-0.05, 0) is 30.2 Å². The van der Waals surface area contributed by atoms with E-state index < -0.39 is 0 Å². The number of benzene rings is 1. The zero-order valence-corrected chi connectivity index (χ0v) is 17.2. The van der Waals surface area contributed by atoms with Gasteiger partial charge in [0.05, 0.1) is 19.2 Å². The summed E-state index contributed by atoms with van der Waals surface area (Å²) < 4.78 is 10.7. The Kier molecular flexibility index (Phi) is 5.31. The highest BCUT2D eigenvalue weighted by Gasteiger charge is 2.29. The van der Waals surface area contributed by atoms with Crippen molar-refractivity contribution in [3.05, 3.63) is 69.3 Å². The average Bonchev–Trinajstić information content (AvgIpc) is 3.15. The Morgan fingerprint density at radius 3 is 2.87 bits per heavy atom. The van der Waals surface area contributed by atoms with E-state index in [0.29, 0.717) is 25.3 Å². The molecule has 0 aliphatic carbocycles. The van der Waals surface area contributed by atoms with E-state index in [0.717, 1.165) is 28.5 Å². The van der Waals surface area contributed by atoms with E-state index in [-0.39, 0.29) is 22.9 Å². The summed E-state index contributed by atoms with van der Waals surface area (Å²) in [4.78, 5) is 29.9. The highest BCUT2D eigenvalue weighted by Crippen LogP contribution is 2.29. The van der Waals surface area contributed by atoms with Crippen LogP contribution in [0.4, 0.5) is 11.5 Å². The van der Waals surface area contributed by atoms with Crippen LogP contribution in [0.5, 0.6) is 5.75 Å². The van der Waals surface area contributed by atoms with E-state index in [4.69, 9.17) is 9.26 Å². The summed E-state index contributed by atoms with van der Waals surface area (Å²) in [6, 6.07) is 10.9. The molecule has 2 N–H and O–H groups in total. The molecule has 8 heteroatoms. The number of anilines is 2. The number of carbonyl (C=O) groups is 1. The van der Waals surface area contributed by atoms with Crippen LogP contribution in [0.15, 0.2) is 45.7 Å². The van der Waals surface area contributed by atoms with Crippen LogP contribution in [0.2, 0.25) is 0 Å². The number of ether oxygens (including phenoxy) is 1. The maximum atomic E-state index is 13.0. The van der Waals surface area contributed by atoms with Gasteiger partial charge < -0.3 is 24.5 Å². The van der Waals surface area contributed by atoms with Crippen molar-refractivity contribution in [3.63, 3.8) is 0 Å². The van der Waals surface area contributed by atoms with Crippen molar-refractivity contribution < 1.29 is 14.1 Å². The number of carbonyl (C=O) groups excluding carboxylic acids is 1. The Morgan fingerprint density at radius 2 is 2.13 bits per heavy atom. The van der Waals surface area contributed by atoms with Crippen molar-refractivity contribution in [2.75, 3.05) is 19.0 Å². The number of fused-ring (bicyclic) bond motifs is 1. The highest BCUT2D eigenvalue weighted by molar-refractivity contribution is 5.94. The standard InChI is InChI=1S/C22H24N4O4/c1-13(2)18-8-7-16(21(27)24-18)22(28)26-10-9-19-17(12-26)20(25-30-19)23-14-5-4-6-15(11-14)29-3/h4-8,11,13H,9-10,12H2,1-3H3,(H,23,25)(H,24,27). The molecule has 30 heavy (non-hydrogen) atoms. The van der Waals surface area contributed by atoms with E-state index >= 15 is 0 Å². The third-order valence-corrected chi connectivity index (χ3v) is 5.23. The van der Waals surface area contributed by atoms with Gasteiger partial charge in [0.15, 0.2) is 5.82 Å². The van der Waals surface area contributed by atoms with Gasteiger partial charge in [0.1, 0.15) is 17.1 Å². The summed E-state index contributed by atoms with van der Waals surface area (Å²) in [5.74, 6) is 1.90. The van der Waals surface area contributed by atoms with Crippen LogP contribution in [0, 0.1) is 0 Å². The minimum absolute atomic E-state index is 0.140. The fraction of sp³-hybridized carbons (Fsp3) is 0.318. The molecule has 0 radical (unpaired) electrons. The summed E-state index contributed by atoms with van der Waals surface area (Å²) in [6.07, 6.45) is 0.538. The number of hydrogen-bond donors (Lipinski definition) is 2. The summed E-state index contributed by atoms with van der Waals surface area (Å²) in [5, 5.41) is 7.36. The molecule has 8 nitrogen and oxygen atoms in total. The van der Waals surface area contributed by atoms with Crippen LogP contribution in [0.3, 0.4) is 0 Å². The van der Waals surface area contributed by atoms with Crippen molar-refractivity contribution in [1.82, 2.24) is 15.0 Å². The summed E-state index contributed by atoms with van der Waals surface area (Å²) in [5.41, 5.74) is 2.20. The Hall–Kier alpha value is -3.55. The van der Waals surface area contributed by atoms with Gasteiger partial charge in [-0.15, -0.1) is 0 Å². The van der Waals surface area contributed by atoms with Crippen LogP contribution in [-0.2, 0) is 13.0 Å². The molecule has 1 amide bonds. The van der Waals surface area contributed by atoms with Gasteiger partial charge in [-0.2, -0.15) is 0 Å². The van der Waals surface area contributed by atoms with Crippen LogP contribution >= 0.6 is 0 Å². The first-order chi connectivity index (χ1) is 14.5. The van der Waals surface area contributed by atoms with Crippen molar-refractivity contribution >= 4 is 17.4 Å². The van der Waals surface area contributed by atoms with Crippen molar-refractivity contribution in [2.24, 2.45) is 0 Å². The quantitative estimate of drug-likeness (QED) is 0.671. The van der Waals surface area contributed by atoms with Crippen LogP contribution in [0.1, 0.15) is 47.1 Å². The van der Waals surface area contributed by atoms with Gasteiger partial charge in [0.2, 0.25) is 0 Å². The first-order valence-corrected chi connectivity index (χ1v) is 9.87. The molecular formula is C22H24N4O4. The van der Waals surface area contributed by atoms with Crippen molar-refractivity contribution in [1.29, 1.82) is 0 Å². The van der Waals surface area contributed by atoms with Crippen molar-refractivity contribution in [2.45, 2.75) is 32.7 Å². The fourth-order valence-corrected chi connectivity index (χ4v) is 3.48. The molecule has 3 aromatic rings. The molecular weight excluding hydrogens is 384 g/mol. The average molecular weight is 408 g/mol. The lowest BCUT2D eigenvalue weighted by atomic mass is 10.1. The third kappa shape index (κ3) is 3.80. The maximum Gasteiger partial charge on any atom is 0.261 e. The number of pyridine rings is 1. The minimum Gasteiger partial charge on any atom is -0.497 e. The molecule has 0 saturated heterocycles. The Morgan fingerprint density at radius 1 is 1.30 bits per heavy atom. The maximum absolute atomic E-state index is 13.0. The second-order valence-corrected chi connectivity index (χ2v) is 7.58. The van der Waals surface area contributed by atoms with Crippen LogP contribution < -0.4 is 15.6 Å². The Bertz CT molecular complexity index is 1130. The summed E-state index contributed by atoms with van der Waals surface area (Å²) >= 11 is 0. The molecule has 0 saturated carbocycles. The monoisotopic (exact) mass is 408 g/mol. The lowest BCUT2D eigenvalue weighted by Gasteiger charge is -2.26. The topological polar surface area (TPSA) is 100 Å². The molecule has 0 spiro atoms. The summed E-state index contributed by atoms with van der Waals surface area (Å²) in [7, 11) is 1.61.